The minimum Gasteiger partial charge on any atom is -0.481 e. The lowest BCUT2D eigenvalue weighted by Crippen LogP contribution is -2.38. The van der Waals surface area contributed by atoms with Crippen LogP contribution in [0.25, 0.3) is 17.0 Å². The molecule has 0 atom stereocenters. The van der Waals surface area contributed by atoms with E-state index in [4.69, 9.17) is 9.47 Å². The predicted octanol–water partition coefficient (Wildman–Crippen LogP) is 1.87. The maximum atomic E-state index is 14.2. The Balaban J connectivity index is 1.42. The highest BCUT2D eigenvalue weighted by Crippen LogP contribution is 2.29. The zero-order chi connectivity index (χ0) is 23.7. The van der Waals surface area contributed by atoms with Gasteiger partial charge in [-0.3, -0.25) is 5.10 Å². The van der Waals surface area contributed by atoms with Crippen LogP contribution in [0, 0.1) is 0 Å². The minimum atomic E-state index is -3.13. The first-order valence-electron chi connectivity index (χ1n) is 10.5. The molecule has 0 radical (unpaired) electrons. The van der Waals surface area contributed by atoms with Gasteiger partial charge < -0.3 is 19.7 Å². The summed E-state index contributed by atoms with van der Waals surface area (Å²) in [6, 6.07) is 3.51. The normalized spacial score (nSPS) is 14.5. The molecular formula is C20H22F2N10O2. The highest BCUT2D eigenvalue weighted by Gasteiger charge is 2.31. The van der Waals surface area contributed by atoms with E-state index in [0.29, 0.717) is 61.2 Å². The maximum absolute atomic E-state index is 14.2. The number of hydrogen-bond donors (Lipinski definition) is 2. The molecule has 0 spiro atoms. The molecule has 5 heterocycles. The molecule has 14 heteroatoms. The molecule has 1 fully saturated rings. The van der Waals surface area contributed by atoms with Gasteiger partial charge in [0.25, 0.3) is 5.92 Å². The van der Waals surface area contributed by atoms with Crippen LogP contribution in [0.15, 0.2) is 24.5 Å². The van der Waals surface area contributed by atoms with E-state index in [1.54, 1.807) is 18.3 Å². The molecule has 0 bridgehead atoms. The predicted molar refractivity (Wildman–Crippen MR) is 117 cm³/mol. The lowest BCUT2D eigenvalue weighted by Gasteiger charge is -2.27. The van der Waals surface area contributed by atoms with Crippen LogP contribution in [0.4, 0.5) is 20.5 Å². The molecule has 2 N–H and O–H groups in total. The van der Waals surface area contributed by atoms with E-state index >= 15 is 0 Å². The molecule has 1 saturated heterocycles. The van der Waals surface area contributed by atoms with Crippen molar-refractivity contribution in [1.82, 2.24) is 39.7 Å². The number of imidazole rings is 1. The number of halogens is 2. The van der Waals surface area contributed by atoms with Crippen LogP contribution in [-0.4, -0.2) is 73.2 Å². The van der Waals surface area contributed by atoms with Gasteiger partial charge in [-0.05, 0) is 6.07 Å². The van der Waals surface area contributed by atoms with E-state index in [0.717, 1.165) is 17.6 Å². The number of H-pyrrole nitrogens is 1. The lowest BCUT2D eigenvalue weighted by molar-refractivity contribution is 0.0109. The number of aromatic amines is 1. The van der Waals surface area contributed by atoms with Crippen LogP contribution in [-0.2, 0) is 17.2 Å². The average molecular weight is 472 g/mol. The van der Waals surface area contributed by atoms with E-state index < -0.39 is 5.92 Å². The second-order valence-corrected chi connectivity index (χ2v) is 7.68. The minimum absolute atomic E-state index is 0.188. The van der Waals surface area contributed by atoms with Crippen molar-refractivity contribution in [1.29, 1.82) is 0 Å². The second-order valence-electron chi connectivity index (χ2n) is 7.68. The number of hydrogen-bond acceptors (Lipinski definition) is 10. The number of nitrogens with one attached hydrogen (secondary N) is 2. The van der Waals surface area contributed by atoms with Crippen molar-refractivity contribution in [3.05, 3.63) is 36.0 Å². The summed E-state index contributed by atoms with van der Waals surface area (Å²) in [7, 11) is 1.54. The monoisotopic (exact) mass is 472 g/mol. The number of pyridine rings is 1. The van der Waals surface area contributed by atoms with Crippen molar-refractivity contribution < 1.29 is 18.3 Å². The molecule has 12 nitrogen and oxygen atoms in total. The molecule has 0 aliphatic carbocycles. The lowest BCUT2D eigenvalue weighted by atomic mass is 10.3. The summed E-state index contributed by atoms with van der Waals surface area (Å²) in [5, 5.41) is 14.5. The van der Waals surface area contributed by atoms with Gasteiger partial charge in [0.05, 0.1) is 33.1 Å². The number of nitrogens with zero attached hydrogens (tertiary/aromatic N) is 8. The topological polar surface area (TPSA) is 131 Å². The quantitative estimate of drug-likeness (QED) is 0.411. The number of aromatic nitrogens is 8. The highest BCUT2D eigenvalue weighted by molar-refractivity contribution is 5.64. The number of methoxy groups -OCH3 is 1. The fraction of sp³-hybridized carbons (Fsp3) is 0.400. The van der Waals surface area contributed by atoms with Gasteiger partial charge >= 0.3 is 0 Å². The van der Waals surface area contributed by atoms with E-state index in [1.807, 2.05) is 4.90 Å². The van der Waals surface area contributed by atoms with E-state index in [9.17, 15) is 8.78 Å². The molecule has 4 aromatic heterocycles. The Hall–Kier alpha value is -3.94. The van der Waals surface area contributed by atoms with Gasteiger partial charge in [0, 0.05) is 37.8 Å². The van der Waals surface area contributed by atoms with Gasteiger partial charge in [0.2, 0.25) is 11.8 Å². The van der Waals surface area contributed by atoms with Crippen molar-refractivity contribution in [2.24, 2.45) is 0 Å². The number of alkyl halides is 2. The van der Waals surface area contributed by atoms with Crippen LogP contribution >= 0.6 is 0 Å². The van der Waals surface area contributed by atoms with Crippen molar-refractivity contribution >= 4 is 17.4 Å². The third-order valence-electron chi connectivity index (χ3n) is 5.25. The summed E-state index contributed by atoms with van der Waals surface area (Å²) in [6.45, 7) is 3.14. The fourth-order valence-electron chi connectivity index (χ4n) is 3.49. The number of rotatable bonds is 7. The number of ether oxygens (including phenoxy) is 2. The summed E-state index contributed by atoms with van der Waals surface area (Å²) >= 11 is 0. The van der Waals surface area contributed by atoms with Crippen molar-refractivity contribution in [2.45, 2.75) is 19.4 Å². The first-order chi connectivity index (χ1) is 16.4. The third kappa shape index (κ3) is 4.31. The Morgan fingerprint density at radius 3 is 2.71 bits per heavy atom. The summed E-state index contributed by atoms with van der Waals surface area (Å²) < 4.78 is 39.9. The Kier molecular flexibility index (Phi) is 5.65. The highest BCUT2D eigenvalue weighted by atomic mass is 19.3. The molecule has 1 aliphatic rings. The van der Waals surface area contributed by atoms with Gasteiger partial charge in [-0.2, -0.15) is 18.9 Å². The van der Waals surface area contributed by atoms with Crippen LogP contribution < -0.4 is 15.0 Å². The summed E-state index contributed by atoms with van der Waals surface area (Å²) in [4.78, 5) is 19.2. The van der Waals surface area contributed by atoms with E-state index in [-0.39, 0.29) is 17.9 Å². The van der Waals surface area contributed by atoms with E-state index in [1.165, 1.54) is 7.11 Å². The second kappa shape index (κ2) is 8.78. The molecule has 34 heavy (non-hydrogen) atoms. The molecule has 0 amide bonds. The first-order valence-corrected chi connectivity index (χ1v) is 10.5. The molecule has 0 aromatic carbocycles. The first kappa shape index (κ1) is 21.9. The maximum Gasteiger partial charge on any atom is 0.288 e. The molecule has 5 rings (SSSR count). The zero-order valence-corrected chi connectivity index (χ0v) is 18.5. The van der Waals surface area contributed by atoms with Crippen molar-refractivity contribution in [2.75, 3.05) is 43.6 Å². The summed E-state index contributed by atoms with van der Waals surface area (Å²) in [5.41, 5.74) is 0.578. The Labute approximate surface area is 192 Å². The SMILES string of the molecule is COc1ccc(-c2n[nH]c(CNc3nc(N4CCOCC4)nn4c(C(C)(F)F)cnc34)n2)cn1. The van der Waals surface area contributed by atoms with Crippen LogP contribution in [0.1, 0.15) is 18.4 Å². The Morgan fingerprint density at radius 1 is 1.18 bits per heavy atom. The third-order valence-corrected chi connectivity index (χ3v) is 5.25. The van der Waals surface area contributed by atoms with Crippen LogP contribution in [0.3, 0.4) is 0 Å². The van der Waals surface area contributed by atoms with Crippen molar-refractivity contribution in [3.63, 3.8) is 0 Å². The fourth-order valence-corrected chi connectivity index (χ4v) is 3.49. The summed E-state index contributed by atoms with van der Waals surface area (Å²) in [5.74, 6) is -1.05. The van der Waals surface area contributed by atoms with Crippen LogP contribution in [0.5, 0.6) is 5.88 Å². The Morgan fingerprint density at radius 2 is 2.00 bits per heavy atom. The smallest absolute Gasteiger partial charge is 0.288 e. The molecule has 4 aromatic rings. The number of morpholine rings is 1. The summed E-state index contributed by atoms with van der Waals surface area (Å²) in [6.07, 6.45) is 2.72. The van der Waals surface area contributed by atoms with Crippen molar-refractivity contribution in [3.8, 4) is 17.3 Å². The number of fused-ring (bicyclic) bond motifs is 1. The Bertz CT molecular complexity index is 1280. The molecule has 0 unspecified atom stereocenters. The van der Waals surface area contributed by atoms with Crippen LogP contribution in [0.2, 0.25) is 0 Å². The molecule has 0 saturated carbocycles. The average Bonchev–Trinajstić information content (AvgIpc) is 3.50. The largest absolute Gasteiger partial charge is 0.481 e. The molecule has 1 aliphatic heterocycles. The zero-order valence-electron chi connectivity index (χ0n) is 18.5. The standard InChI is InChI=1S/C20H22F2N10O2/c1-20(21,22)13-10-25-18-17(27-19(30-32(13)18)31-5-7-34-8-6-31)24-11-14-26-16(29-28-14)12-3-4-15(33-2)23-9-12/h3-4,9-10H,5-8,11H2,1-2H3,(H,24,27,30)(H,26,28,29). The van der Waals surface area contributed by atoms with Gasteiger partial charge in [-0.15, -0.1) is 5.10 Å². The molecule has 178 valence electrons. The number of anilines is 2. The van der Waals surface area contributed by atoms with Gasteiger partial charge in [-0.25, -0.2) is 19.5 Å². The van der Waals surface area contributed by atoms with E-state index in [2.05, 4.69) is 40.5 Å². The van der Waals surface area contributed by atoms with Gasteiger partial charge in [0.15, 0.2) is 17.3 Å². The van der Waals surface area contributed by atoms with Gasteiger partial charge in [0.1, 0.15) is 11.5 Å². The van der Waals surface area contributed by atoms with Gasteiger partial charge in [-0.1, -0.05) is 0 Å². The molecular weight excluding hydrogens is 450 g/mol.